The number of pyridine rings is 1. The van der Waals surface area contributed by atoms with Crippen molar-refractivity contribution in [2.45, 2.75) is 19.9 Å². The normalized spacial score (nSPS) is 10.9. The maximum atomic E-state index is 12.8. The van der Waals surface area contributed by atoms with Gasteiger partial charge in [0.1, 0.15) is 0 Å². The summed E-state index contributed by atoms with van der Waals surface area (Å²) in [5, 5.41) is 8.46. The lowest BCUT2D eigenvalue weighted by atomic mass is 10.1. The van der Waals surface area contributed by atoms with E-state index < -0.39 is 0 Å². The molecule has 0 radical (unpaired) electrons. The highest BCUT2D eigenvalue weighted by molar-refractivity contribution is 6.04. The number of amides is 1. The fraction of sp³-hybridized carbons (Fsp3) is 0.174. The number of hydrogen-bond donors (Lipinski definition) is 1. The maximum Gasteiger partial charge on any atom is 0.272 e. The van der Waals surface area contributed by atoms with Crippen molar-refractivity contribution in [3.63, 3.8) is 0 Å². The lowest BCUT2D eigenvalue weighted by Gasteiger charge is -2.04. The van der Waals surface area contributed by atoms with Crippen LogP contribution in [0.3, 0.4) is 0 Å². The van der Waals surface area contributed by atoms with Gasteiger partial charge < -0.3 is 5.32 Å². The second kappa shape index (κ2) is 8.05. The number of nitrogens with zero attached hydrogens (tertiary/aromatic N) is 3. The number of fused-ring (bicyclic) bond motifs is 1. The number of aryl methyl sites for hydroxylation is 1. The standard InChI is InChI=1S/C23H22N4O/c1-17-9-11-18(12-10-17)16-27-21-8-3-2-7-20(21)22(26-27)23(28)25-15-13-19-6-4-5-14-24-19/h2-12,14H,13,15-16H2,1H3,(H,25,28). The molecule has 1 N–H and O–H groups in total. The number of carbonyl (C=O) groups is 1. The minimum Gasteiger partial charge on any atom is -0.350 e. The molecule has 0 fully saturated rings. The molecule has 4 aromatic rings. The molecule has 0 atom stereocenters. The van der Waals surface area contributed by atoms with E-state index in [0.29, 0.717) is 25.2 Å². The summed E-state index contributed by atoms with van der Waals surface area (Å²) in [5.41, 5.74) is 4.75. The first kappa shape index (κ1) is 17.9. The van der Waals surface area contributed by atoms with Gasteiger partial charge >= 0.3 is 0 Å². The lowest BCUT2D eigenvalue weighted by Crippen LogP contribution is -2.26. The summed E-state index contributed by atoms with van der Waals surface area (Å²) in [6, 6.07) is 22.0. The van der Waals surface area contributed by atoms with Crippen molar-refractivity contribution in [1.29, 1.82) is 0 Å². The van der Waals surface area contributed by atoms with E-state index in [0.717, 1.165) is 22.2 Å². The van der Waals surface area contributed by atoms with Crippen molar-refractivity contribution in [3.05, 3.63) is 95.4 Å². The van der Waals surface area contributed by atoms with Gasteiger partial charge in [0.25, 0.3) is 5.91 Å². The van der Waals surface area contributed by atoms with E-state index in [4.69, 9.17) is 0 Å². The fourth-order valence-electron chi connectivity index (χ4n) is 3.22. The predicted molar refractivity (Wildman–Crippen MR) is 110 cm³/mol. The van der Waals surface area contributed by atoms with Crippen LogP contribution in [-0.4, -0.2) is 27.2 Å². The molecule has 4 rings (SSSR count). The van der Waals surface area contributed by atoms with Gasteiger partial charge in [0.05, 0.1) is 12.1 Å². The highest BCUT2D eigenvalue weighted by Crippen LogP contribution is 2.20. The largest absolute Gasteiger partial charge is 0.350 e. The van der Waals surface area contributed by atoms with Gasteiger partial charge in [-0.15, -0.1) is 0 Å². The van der Waals surface area contributed by atoms with E-state index in [1.54, 1.807) is 6.20 Å². The SMILES string of the molecule is Cc1ccc(Cn2nc(C(=O)NCCc3ccccn3)c3ccccc32)cc1. The Labute approximate surface area is 164 Å². The van der Waals surface area contributed by atoms with Crippen LogP contribution in [0.4, 0.5) is 0 Å². The molecular weight excluding hydrogens is 348 g/mol. The zero-order valence-electron chi connectivity index (χ0n) is 15.8. The molecule has 5 heteroatoms. The summed E-state index contributed by atoms with van der Waals surface area (Å²) in [6.45, 7) is 3.22. The Balaban J connectivity index is 1.53. The summed E-state index contributed by atoms with van der Waals surface area (Å²) >= 11 is 0. The minimum absolute atomic E-state index is 0.158. The quantitative estimate of drug-likeness (QED) is 0.562. The number of aromatic nitrogens is 3. The number of carbonyl (C=O) groups excluding carboxylic acids is 1. The molecule has 0 aliphatic rings. The molecule has 0 aliphatic carbocycles. The minimum atomic E-state index is -0.158. The Hall–Kier alpha value is -3.47. The van der Waals surface area contributed by atoms with Crippen molar-refractivity contribution >= 4 is 16.8 Å². The predicted octanol–water partition coefficient (Wildman–Crippen LogP) is 3.76. The first-order valence-electron chi connectivity index (χ1n) is 9.40. The third-order valence-corrected chi connectivity index (χ3v) is 4.72. The topological polar surface area (TPSA) is 59.8 Å². The third-order valence-electron chi connectivity index (χ3n) is 4.72. The van der Waals surface area contributed by atoms with Crippen LogP contribution in [0.25, 0.3) is 10.9 Å². The van der Waals surface area contributed by atoms with Crippen LogP contribution in [0.2, 0.25) is 0 Å². The maximum absolute atomic E-state index is 12.8. The molecule has 2 aromatic carbocycles. The molecular formula is C23H22N4O. The Morgan fingerprint density at radius 2 is 1.79 bits per heavy atom. The van der Waals surface area contributed by atoms with Crippen LogP contribution in [0, 0.1) is 6.92 Å². The Kier molecular flexibility index (Phi) is 5.15. The zero-order valence-corrected chi connectivity index (χ0v) is 15.8. The first-order chi connectivity index (χ1) is 13.7. The molecule has 28 heavy (non-hydrogen) atoms. The summed E-state index contributed by atoms with van der Waals surface area (Å²) in [7, 11) is 0. The average molecular weight is 370 g/mol. The molecule has 0 aliphatic heterocycles. The number of rotatable bonds is 6. The Morgan fingerprint density at radius 3 is 2.57 bits per heavy atom. The van der Waals surface area contributed by atoms with E-state index >= 15 is 0 Å². The van der Waals surface area contributed by atoms with E-state index in [2.05, 4.69) is 46.6 Å². The van der Waals surface area contributed by atoms with Gasteiger partial charge in [0.2, 0.25) is 0 Å². The van der Waals surface area contributed by atoms with E-state index in [1.165, 1.54) is 5.56 Å². The van der Waals surface area contributed by atoms with E-state index in [1.807, 2.05) is 47.1 Å². The van der Waals surface area contributed by atoms with Crippen LogP contribution in [0.5, 0.6) is 0 Å². The first-order valence-corrected chi connectivity index (χ1v) is 9.40. The van der Waals surface area contributed by atoms with Crippen LogP contribution >= 0.6 is 0 Å². The fourth-order valence-corrected chi connectivity index (χ4v) is 3.22. The van der Waals surface area contributed by atoms with Crippen LogP contribution in [0.1, 0.15) is 27.3 Å². The molecule has 1 amide bonds. The van der Waals surface area contributed by atoms with Gasteiger partial charge in [-0.3, -0.25) is 14.5 Å². The second-order valence-electron chi connectivity index (χ2n) is 6.84. The Morgan fingerprint density at radius 1 is 1.00 bits per heavy atom. The number of benzene rings is 2. The van der Waals surface area contributed by atoms with Gasteiger partial charge in [-0.05, 0) is 30.7 Å². The summed E-state index contributed by atoms with van der Waals surface area (Å²) in [4.78, 5) is 17.0. The summed E-state index contributed by atoms with van der Waals surface area (Å²) in [5.74, 6) is -0.158. The molecule has 0 saturated heterocycles. The molecule has 0 spiro atoms. The number of hydrogen-bond acceptors (Lipinski definition) is 3. The van der Waals surface area contributed by atoms with Crippen molar-refractivity contribution in [3.8, 4) is 0 Å². The van der Waals surface area contributed by atoms with Gasteiger partial charge in [0, 0.05) is 30.2 Å². The van der Waals surface area contributed by atoms with Crippen molar-refractivity contribution < 1.29 is 4.79 Å². The van der Waals surface area contributed by atoms with Crippen LogP contribution in [-0.2, 0) is 13.0 Å². The van der Waals surface area contributed by atoms with Crippen LogP contribution < -0.4 is 5.32 Å². The van der Waals surface area contributed by atoms with Gasteiger partial charge in [-0.1, -0.05) is 54.1 Å². The molecule has 140 valence electrons. The monoisotopic (exact) mass is 370 g/mol. The summed E-state index contributed by atoms with van der Waals surface area (Å²) < 4.78 is 1.90. The summed E-state index contributed by atoms with van der Waals surface area (Å²) in [6.07, 6.45) is 2.45. The van der Waals surface area contributed by atoms with E-state index in [-0.39, 0.29) is 5.91 Å². The molecule has 0 unspecified atom stereocenters. The van der Waals surface area contributed by atoms with Crippen LogP contribution in [0.15, 0.2) is 72.9 Å². The molecule has 0 saturated carbocycles. The zero-order chi connectivity index (χ0) is 19.3. The molecule has 2 heterocycles. The Bertz CT molecular complexity index is 1080. The van der Waals surface area contributed by atoms with Gasteiger partial charge in [-0.2, -0.15) is 5.10 Å². The van der Waals surface area contributed by atoms with Crippen molar-refractivity contribution in [1.82, 2.24) is 20.1 Å². The number of para-hydroxylation sites is 1. The highest BCUT2D eigenvalue weighted by atomic mass is 16.1. The van der Waals surface area contributed by atoms with Gasteiger partial charge in [-0.25, -0.2) is 0 Å². The van der Waals surface area contributed by atoms with Crippen molar-refractivity contribution in [2.24, 2.45) is 0 Å². The highest BCUT2D eigenvalue weighted by Gasteiger charge is 2.16. The lowest BCUT2D eigenvalue weighted by molar-refractivity contribution is 0.0950. The molecule has 0 bridgehead atoms. The number of nitrogens with one attached hydrogen (secondary N) is 1. The smallest absolute Gasteiger partial charge is 0.272 e. The molecule has 2 aromatic heterocycles. The van der Waals surface area contributed by atoms with E-state index in [9.17, 15) is 4.79 Å². The molecule has 5 nitrogen and oxygen atoms in total. The second-order valence-corrected chi connectivity index (χ2v) is 6.84. The third kappa shape index (κ3) is 3.93. The average Bonchev–Trinajstić information content (AvgIpc) is 3.09. The van der Waals surface area contributed by atoms with Gasteiger partial charge in [0.15, 0.2) is 5.69 Å². The van der Waals surface area contributed by atoms with Crippen molar-refractivity contribution in [2.75, 3.05) is 6.54 Å².